The number of aliphatic hydroxyl groups excluding tert-OH is 4. The minimum absolute atomic E-state index is 0.126. The van der Waals surface area contributed by atoms with Crippen molar-refractivity contribution in [2.24, 2.45) is 4.99 Å². The van der Waals surface area contributed by atoms with E-state index < -0.39 is 31.3 Å². The smallest absolute Gasteiger partial charge is 0.280 e. The Balaban J connectivity index is 4.55. The van der Waals surface area contributed by atoms with Crippen LogP contribution in [0.3, 0.4) is 0 Å². The van der Waals surface area contributed by atoms with E-state index in [2.05, 4.69) is 11.9 Å². The van der Waals surface area contributed by atoms with Gasteiger partial charge in [-0.05, 0) is 6.92 Å². The van der Waals surface area contributed by atoms with Crippen LogP contribution in [0.1, 0.15) is 6.42 Å². The van der Waals surface area contributed by atoms with E-state index in [1.807, 2.05) is 0 Å². The van der Waals surface area contributed by atoms with Crippen molar-refractivity contribution in [3.8, 4) is 0 Å². The lowest BCUT2D eigenvalue weighted by Crippen LogP contribution is -2.39. The second-order valence-electron chi connectivity index (χ2n) is 3.46. The fourth-order valence-corrected chi connectivity index (χ4v) is 0.934. The van der Waals surface area contributed by atoms with Crippen LogP contribution in [-0.2, 0) is 14.3 Å². The Bertz CT molecular complexity index is 253. The van der Waals surface area contributed by atoms with Gasteiger partial charge in [-0.3, -0.25) is 0 Å². The molecule has 105 valence electrons. The quantitative estimate of drug-likeness (QED) is 0.203. The number of aliphatic imine (C=N–C) groups is 1. The van der Waals surface area contributed by atoms with E-state index in [0.29, 0.717) is 0 Å². The van der Waals surface area contributed by atoms with Gasteiger partial charge in [-0.2, -0.15) is 0 Å². The molecular formula is C10H18NO7. The highest BCUT2D eigenvalue weighted by molar-refractivity contribution is 5.33. The molecule has 0 bridgehead atoms. The monoisotopic (exact) mass is 264 g/mol. The van der Waals surface area contributed by atoms with Crippen LogP contribution in [0.4, 0.5) is 0 Å². The van der Waals surface area contributed by atoms with Gasteiger partial charge in [-0.15, -0.1) is 4.99 Å². The lowest BCUT2D eigenvalue weighted by atomic mass is 10.3. The summed E-state index contributed by atoms with van der Waals surface area (Å²) in [5, 5.41) is 35.5. The number of rotatable bonds is 10. The van der Waals surface area contributed by atoms with Crippen molar-refractivity contribution in [2.45, 2.75) is 24.5 Å². The molecule has 18 heavy (non-hydrogen) atoms. The molecule has 0 heterocycles. The molecule has 2 unspecified atom stereocenters. The van der Waals surface area contributed by atoms with Gasteiger partial charge in [0.15, 0.2) is 0 Å². The van der Waals surface area contributed by atoms with Crippen LogP contribution in [0.15, 0.2) is 4.99 Å². The van der Waals surface area contributed by atoms with Crippen molar-refractivity contribution in [3.63, 3.8) is 0 Å². The van der Waals surface area contributed by atoms with Gasteiger partial charge >= 0.3 is 0 Å². The molecule has 0 saturated heterocycles. The zero-order chi connectivity index (χ0) is 14.0. The first kappa shape index (κ1) is 17.1. The summed E-state index contributed by atoms with van der Waals surface area (Å²) in [6.07, 6.45) is -1.21. The van der Waals surface area contributed by atoms with Gasteiger partial charge in [0.2, 0.25) is 6.08 Å². The first-order valence-electron chi connectivity index (χ1n) is 5.27. The third-order valence-electron chi connectivity index (χ3n) is 1.96. The maximum Gasteiger partial charge on any atom is 0.280 e. The molecule has 2 atom stereocenters. The van der Waals surface area contributed by atoms with Crippen molar-refractivity contribution in [3.05, 3.63) is 6.92 Å². The van der Waals surface area contributed by atoms with Crippen molar-refractivity contribution >= 4 is 6.08 Å². The standard InChI is InChI=1S/C10H18NO7/c1-2-10(11-7-14,17-5-8(15)3-12)18-6-9(16)4-13/h8-9,12-13,15-16H,1-6H2. The zero-order valence-electron chi connectivity index (χ0n) is 9.86. The summed E-state index contributed by atoms with van der Waals surface area (Å²) in [7, 11) is 0. The summed E-state index contributed by atoms with van der Waals surface area (Å²) < 4.78 is 10.1. The molecule has 8 nitrogen and oxygen atoms in total. The predicted octanol–water partition coefficient (Wildman–Crippen LogP) is -2.06. The summed E-state index contributed by atoms with van der Waals surface area (Å²) in [5.41, 5.74) is 0. The molecule has 0 aromatic rings. The normalized spacial score (nSPS) is 17.6. The van der Waals surface area contributed by atoms with Crippen LogP contribution < -0.4 is 0 Å². The van der Waals surface area contributed by atoms with Crippen LogP contribution in [0.25, 0.3) is 0 Å². The van der Waals surface area contributed by atoms with Gasteiger partial charge in [-0.25, -0.2) is 4.79 Å². The van der Waals surface area contributed by atoms with Gasteiger partial charge in [0.1, 0.15) is 12.2 Å². The average Bonchev–Trinajstić information content (AvgIpc) is 2.41. The van der Waals surface area contributed by atoms with Crippen molar-refractivity contribution in [2.75, 3.05) is 26.4 Å². The van der Waals surface area contributed by atoms with E-state index >= 15 is 0 Å². The van der Waals surface area contributed by atoms with E-state index in [9.17, 15) is 4.79 Å². The number of hydrogen-bond donors (Lipinski definition) is 4. The second kappa shape index (κ2) is 9.12. The molecule has 0 aromatic heterocycles. The second-order valence-corrected chi connectivity index (χ2v) is 3.46. The highest BCUT2D eigenvalue weighted by Gasteiger charge is 2.31. The zero-order valence-corrected chi connectivity index (χ0v) is 9.86. The Kier molecular flexibility index (Phi) is 8.69. The molecule has 0 aliphatic heterocycles. The Hall–Kier alpha value is -0.860. The molecule has 0 saturated carbocycles. The van der Waals surface area contributed by atoms with E-state index in [1.54, 1.807) is 0 Å². The van der Waals surface area contributed by atoms with Gasteiger partial charge in [0.05, 0.1) is 26.4 Å². The molecular weight excluding hydrogens is 246 g/mol. The predicted molar refractivity (Wildman–Crippen MR) is 58.9 cm³/mol. The third kappa shape index (κ3) is 6.18. The molecule has 0 spiro atoms. The molecule has 0 aliphatic rings. The summed E-state index contributed by atoms with van der Waals surface area (Å²) >= 11 is 0. The van der Waals surface area contributed by atoms with Crippen molar-refractivity contribution < 1.29 is 34.7 Å². The van der Waals surface area contributed by atoms with E-state index in [1.165, 1.54) is 6.08 Å². The van der Waals surface area contributed by atoms with Gasteiger partial charge in [0.25, 0.3) is 5.91 Å². The number of ether oxygens (including phenoxy) is 2. The summed E-state index contributed by atoms with van der Waals surface area (Å²) in [5.74, 6) is -1.80. The number of nitrogens with zero attached hydrogens (tertiary/aromatic N) is 1. The maximum atomic E-state index is 10.3. The molecule has 0 aromatic carbocycles. The van der Waals surface area contributed by atoms with Crippen molar-refractivity contribution in [1.82, 2.24) is 0 Å². The van der Waals surface area contributed by atoms with Crippen LogP contribution in [0, 0.1) is 6.92 Å². The molecule has 0 rings (SSSR count). The molecule has 0 aliphatic carbocycles. The molecule has 4 N–H and O–H groups in total. The summed E-state index contributed by atoms with van der Waals surface area (Å²) in [4.78, 5) is 13.6. The average molecular weight is 264 g/mol. The Labute approximate surface area is 104 Å². The number of carbonyl (C=O) groups excluding carboxylic acids is 1. The topological polar surface area (TPSA) is 129 Å². The molecule has 8 heteroatoms. The fourth-order valence-electron chi connectivity index (χ4n) is 0.934. The van der Waals surface area contributed by atoms with E-state index in [4.69, 9.17) is 29.9 Å². The molecule has 0 fully saturated rings. The van der Waals surface area contributed by atoms with Crippen molar-refractivity contribution in [1.29, 1.82) is 0 Å². The lowest BCUT2D eigenvalue weighted by molar-refractivity contribution is -0.250. The van der Waals surface area contributed by atoms with Crippen LogP contribution in [0.5, 0.6) is 0 Å². The highest BCUT2D eigenvalue weighted by Crippen LogP contribution is 2.20. The number of aliphatic hydroxyl groups is 4. The number of hydrogen-bond acceptors (Lipinski definition) is 8. The Morgan fingerprint density at radius 1 is 1.17 bits per heavy atom. The number of isocyanates is 1. The van der Waals surface area contributed by atoms with E-state index in [0.717, 1.165) is 0 Å². The van der Waals surface area contributed by atoms with Gasteiger partial charge in [-0.1, -0.05) is 0 Å². The SMILES string of the molecule is [CH2]CC(N=C=O)(OCC(O)CO)OCC(O)CO. The fraction of sp³-hybridized carbons (Fsp3) is 0.800. The van der Waals surface area contributed by atoms with Crippen LogP contribution in [0.2, 0.25) is 0 Å². The lowest BCUT2D eigenvalue weighted by Gasteiger charge is -2.28. The Morgan fingerprint density at radius 2 is 1.61 bits per heavy atom. The third-order valence-corrected chi connectivity index (χ3v) is 1.96. The first-order valence-corrected chi connectivity index (χ1v) is 5.27. The summed E-state index contributed by atoms with van der Waals surface area (Å²) in [6.45, 7) is 1.73. The highest BCUT2D eigenvalue weighted by atomic mass is 16.7. The first-order chi connectivity index (χ1) is 8.53. The van der Waals surface area contributed by atoms with Crippen LogP contribution >= 0.6 is 0 Å². The maximum absolute atomic E-state index is 10.3. The minimum atomic E-state index is -1.80. The van der Waals surface area contributed by atoms with E-state index in [-0.39, 0.29) is 19.6 Å². The van der Waals surface area contributed by atoms with Gasteiger partial charge in [0, 0.05) is 6.42 Å². The minimum Gasteiger partial charge on any atom is -0.394 e. The largest absolute Gasteiger partial charge is 0.394 e. The summed E-state index contributed by atoms with van der Waals surface area (Å²) in [6, 6.07) is 0. The van der Waals surface area contributed by atoms with Crippen LogP contribution in [-0.4, -0.2) is 71.1 Å². The molecule has 0 amide bonds. The Morgan fingerprint density at radius 3 is 1.89 bits per heavy atom. The molecule has 1 radical (unpaired) electrons. The van der Waals surface area contributed by atoms with Gasteiger partial charge < -0.3 is 29.9 Å².